The predicted molar refractivity (Wildman–Crippen MR) is 67.6 cm³/mol. The Hall–Kier alpha value is -1.78. The van der Waals surface area contributed by atoms with Crippen LogP contribution in [0.5, 0.6) is 5.75 Å². The second-order valence-electron chi connectivity index (χ2n) is 4.07. The molecule has 1 N–H and O–H groups in total. The summed E-state index contributed by atoms with van der Waals surface area (Å²) < 4.78 is 5.48. The van der Waals surface area contributed by atoms with Crippen LogP contribution in [0.4, 0.5) is 11.4 Å². The van der Waals surface area contributed by atoms with Crippen molar-refractivity contribution >= 4 is 11.4 Å². The Bertz CT molecular complexity index is 391. The van der Waals surface area contributed by atoms with Crippen molar-refractivity contribution in [1.82, 2.24) is 0 Å². The molecule has 0 unspecified atom stereocenters. The summed E-state index contributed by atoms with van der Waals surface area (Å²) in [7, 11) is 0. The standard InChI is InChI=1S/C12H18N2O3/c1-4-5-13-10-6-11(14(15)16)8-12(7-10)17-9(2)3/h6-9,13H,4-5H2,1-3H3. The van der Waals surface area contributed by atoms with Crippen LogP contribution in [0, 0.1) is 10.1 Å². The van der Waals surface area contributed by atoms with Crippen LogP contribution < -0.4 is 10.1 Å². The molecule has 1 aromatic rings. The fourth-order valence-electron chi connectivity index (χ4n) is 1.40. The van der Waals surface area contributed by atoms with Crippen molar-refractivity contribution in [3.05, 3.63) is 28.3 Å². The summed E-state index contributed by atoms with van der Waals surface area (Å²) in [6.07, 6.45) is 0.958. The van der Waals surface area contributed by atoms with Gasteiger partial charge in [0.2, 0.25) is 0 Å². The van der Waals surface area contributed by atoms with Gasteiger partial charge in [0, 0.05) is 24.4 Å². The molecule has 0 bridgehead atoms. The SMILES string of the molecule is CCCNc1cc(OC(C)C)cc([N+](=O)[O-])c1. The van der Waals surface area contributed by atoms with Crippen molar-refractivity contribution in [2.75, 3.05) is 11.9 Å². The molecule has 0 amide bonds. The molecule has 1 rings (SSSR count). The van der Waals surface area contributed by atoms with Gasteiger partial charge in [-0.3, -0.25) is 10.1 Å². The fourth-order valence-corrected chi connectivity index (χ4v) is 1.40. The van der Waals surface area contributed by atoms with Gasteiger partial charge in [0.05, 0.1) is 17.1 Å². The molecule has 0 atom stereocenters. The van der Waals surface area contributed by atoms with Gasteiger partial charge in [0.15, 0.2) is 0 Å². The summed E-state index contributed by atoms with van der Waals surface area (Å²) in [5, 5.41) is 13.9. The molecule has 0 aliphatic heterocycles. The summed E-state index contributed by atoms with van der Waals surface area (Å²) in [6.45, 7) is 6.59. The van der Waals surface area contributed by atoms with E-state index in [1.807, 2.05) is 20.8 Å². The first-order chi connectivity index (χ1) is 8.02. The van der Waals surface area contributed by atoms with Crippen LogP contribution >= 0.6 is 0 Å². The zero-order valence-corrected chi connectivity index (χ0v) is 10.4. The third kappa shape index (κ3) is 4.30. The van der Waals surface area contributed by atoms with Crippen molar-refractivity contribution in [3.8, 4) is 5.75 Å². The number of hydrogen-bond acceptors (Lipinski definition) is 4. The largest absolute Gasteiger partial charge is 0.491 e. The molecule has 0 aliphatic carbocycles. The Morgan fingerprint density at radius 1 is 1.41 bits per heavy atom. The molecule has 0 radical (unpaired) electrons. The zero-order valence-electron chi connectivity index (χ0n) is 10.4. The van der Waals surface area contributed by atoms with Crippen LogP contribution in [0.1, 0.15) is 27.2 Å². The van der Waals surface area contributed by atoms with E-state index < -0.39 is 4.92 Å². The molecule has 5 nitrogen and oxygen atoms in total. The molecule has 1 aromatic carbocycles. The third-order valence-electron chi connectivity index (χ3n) is 2.05. The van der Waals surface area contributed by atoms with E-state index in [1.165, 1.54) is 12.1 Å². The zero-order chi connectivity index (χ0) is 12.8. The van der Waals surface area contributed by atoms with Crippen molar-refractivity contribution in [1.29, 1.82) is 0 Å². The monoisotopic (exact) mass is 238 g/mol. The molecule has 0 saturated heterocycles. The predicted octanol–water partition coefficient (Wildman–Crippen LogP) is 3.20. The molecule has 0 aliphatic rings. The van der Waals surface area contributed by atoms with Gasteiger partial charge in [-0.15, -0.1) is 0 Å². The van der Waals surface area contributed by atoms with E-state index >= 15 is 0 Å². The van der Waals surface area contributed by atoms with Crippen molar-refractivity contribution in [2.45, 2.75) is 33.3 Å². The number of rotatable bonds is 6. The Morgan fingerprint density at radius 3 is 2.65 bits per heavy atom. The van der Waals surface area contributed by atoms with Gasteiger partial charge in [-0.1, -0.05) is 6.92 Å². The maximum Gasteiger partial charge on any atom is 0.275 e. The van der Waals surface area contributed by atoms with Crippen LogP contribution in [0.2, 0.25) is 0 Å². The van der Waals surface area contributed by atoms with E-state index in [0.29, 0.717) is 5.75 Å². The van der Waals surface area contributed by atoms with Gasteiger partial charge in [-0.05, 0) is 20.3 Å². The normalized spacial score (nSPS) is 10.4. The average molecular weight is 238 g/mol. The first-order valence-corrected chi connectivity index (χ1v) is 5.73. The number of ether oxygens (including phenoxy) is 1. The molecule has 94 valence electrons. The van der Waals surface area contributed by atoms with Gasteiger partial charge in [0.1, 0.15) is 5.75 Å². The number of nitrogens with zero attached hydrogens (tertiary/aromatic N) is 1. The van der Waals surface area contributed by atoms with Gasteiger partial charge >= 0.3 is 0 Å². The Morgan fingerprint density at radius 2 is 2.12 bits per heavy atom. The van der Waals surface area contributed by atoms with Gasteiger partial charge in [-0.25, -0.2) is 0 Å². The number of nitro groups is 1. The van der Waals surface area contributed by atoms with Crippen LogP contribution in [-0.4, -0.2) is 17.6 Å². The average Bonchev–Trinajstić information content (AvgIpc) is 2.25. The van der Waals surface area contributed by atoms with E-state index in [4.69, 9.17) is 4.74 Å². The quantitative estimate of drug-likeness (QED) is 0.610. The number of non-ortho nitro benzene ring substituents is 1. The minimum absolute atomic E-state index is 0.00368. The molecule has 17 heavy (non-hydrogen) atoms. The number of anilines is 1. The van der Waals surface area contributed by atoms with Gasteiger partial charge < -0.3 is 10.1 Å². The number of nitro benzene ring substituents is 1. The summed E-state index contributed by atoms with van der Waals surface area (Å²) in [5.74, 6) is 0.521. The van der Waals surface area contributed by atoms with Crippen LogP contribution in [0.15, 0.2) is 18.2 Å². The molecule has 0 aromatic heterocycles. The molecular weight excluding hydrogens is 220 g/mol. The van der Waals surface area contributed by atoms with Crippen LogP contribution in [-0.2, 0) is 0 Å². The Balaban J connectivity index is 2.96. The number of nitrogens with one attached hydrogen (secondary N) is 1. The third-order valence-corrected chi connectivity index (χ3v) is 2.05. The summed E-state index contributed by atoms with van der Waals surface area (Å²) in [5.41, 5.74) is 0.762. The Labute approximate surface area is 101 Å². The lowest BCUT2D eigenvalue weighted by molar-refractivity contribution is -0.384. The molecular formula is C12H18N2O3. The molecule has 0 spiro atoms. The second-order valence-corrected chi connectivity index (χ2v) is 4.07. The molecule has 0 saturated carbocycles. The van der Waals surface area contributed by atoms with Crippen molar-refractivity contribution in [2.24, 2.45) is 0 Å². The number of hydrogen-bond donors (Lipinski definition) is 1. The van der Waals surface area contributed by atoms with Crippen LogP contribution in [0.25, 0.3) is 0 Å². The highest BCUT2D eigenvalue weighted by Gasteiger charge is 2.11. The second kappa shape index (κ2) is 6.08. The highest BCUT2D eigenvalue weighted by atomic mass is 16.6. The first-order valence-electron chi connectivity index (χ1n) is 5.73. The lowest BCUT2D eigenvalue weighted by Crippen LogP contribution is -2.07. The topological polar surface area (TPSA) is 64.4 Å². The highest BCUT2D eigenvalue weighted by molar-refractivity contribution is 5.56. The van der Waals surface area contributed by atoms with Crippen molar-refractivity contribution < 1.29 is 9.66 Å². The van der Waals surface area contributed by atoms with E-state index in [-0.39, 0.29) is 11.8 Å². The summed E-state index contributed by atoms with van der Waals surface area (Å²) in [4.78, 5) is 10.4. The van der Waals surface area contributed by atoms with Crippen LogP contribution in [0.3, 0.4) is 0 Å². The van der Waals surface area contributed by atoms with Crippen molar-refractivity contribution in [3.63, 3.8) is 0 Å². The summed E-state index contributed by atoms with van der Waals surface area (Å²) >= 11 is 0. The Kier molecular flexibility index (Phi) is 4.75. The maximum atomic E-state index is 10.8. The maximum absolute atomic E-state index is 10.8. The lowest BCUT2D eigenvalue weighted by atomic mass is 10.2. The first kappa shape index (κ1) is 13.3. The smallest absolute Gasteiger partial charge is 0.275 e. The molecule has 5 heteroatoms. The molecule has 0 fully saturated rings. The number of benzene rings is 1. The highest BCUT2D eigenvalue weighted by Crippen LogP contribution is 2.26. The van der Waals surface area contributed by atoms with E-state index in [1.54, 1.807) is 6.07 Å². The minimum Gasteiger partial charge on any atom is -0.491 e. The van der Waals surface area contributed by atoms with Gasteiger partial charge in [0.25, 0.3) is 5.69 Å². The van der Waals surface area contributed by atoms with E-state index in [2.05, 4.69) is 5.32 Å². The van der Waals surface area contributed by atoms with E-state index in [0.717, 1.165) is 18.7 Å². The summed E-state index contributed by atoms with van der Waals surface area (Å²) in [6, 6.07) is 4.74. The fraction of sp³-hybridized carbons (Fsp3) is 0.500. The van der Waals surface area contributed by atoms with Gasteiger partial charge in [-0.2, -0.15) is 0 Å². The minimum atomic E-state index is -0.412. The molecule has 0 heterocycles. The lowest BCUT2D eigenvalue weighted by Gasteiger charge is -2.11. The van der Waals surface area contributed by atoms with E-state index in [9.17, 15) is 10.1 Å².